The number of piperidine rings is 1. The normalized spacial score (nSPS) is 15.6. The minimum Gasteiger partial charge on any atom is -0.497 e. The number of carbonyl (C=O) groups excluding carboxylic acids is 1. The molecule has 0 spiro atoms. The van der Waals surface area contributed by atoms with E-state index in [1.54, 1.807) is 22.8 Å². The SMILES string of the molecule is COc1cc(C=O)c2ccc(=O)n(CCN3CCC(NC(=O)O)CC3)c2c1. The highest BCUT2D eigenvalue weighted by atomic mass is 16.5. The summed E-state index contributed by atoms with van der Waals surface area (Å²) < 4.78 is 6.92. The van der Waals surface area contributed by atoms with E-state index in [0.717, 1.165) is 37.6 Å². The van der Waals surface area contributed by atoms with Crippen LogP contribution < -0.4 is 15.6 Å². The summed E-state index contributed by atoms with van der Waals surface area (Å²) in [5.41, 5.74) is 1.03. The van der Waals surface area contributed by atoms with E-state index in [1.807, 2.05) is 0 Å². The molecular formula is C19H23N3O5. The Morgan fingerprint density at radius 1 is 1.30 bits per heavy atom. The number of aromatic nitrogens is 1. The summed E-state index contributed by atoms with van der Waals surface area (Å²) in [5, 5.41) is 12.0. The van der Waals surface area contributed by atoms with E-state index < -0.39 is 6.09 Å². The van der Waals surface area contributed by atoms with Crippen LogP contribution in [-0.4, -0.2) is 59.7 Å². The van der Waals surface area contributed by atoms with Gasteiger partial charge < -0.3 is 24.6 Å². The predicted octanol–water partition coefficient (Wildman–Crippen LogP) is 1.55. The fourth-order valence-electron chi connectivity index (χ4n) is 3.56. The maximum atomic E-state index is 12.4. The van der Waals surface area contributed by atoms with Crippen molar-refractivity contribution in [3.8, 4) is 5.75 Å². The van der Waals surface area contributed by atoms with Crippen LogP contribution in [0, 0.1) is 0 Å². The van der Waals surface area contributed by atoms with Gasteiger partial charge in [-0.3, -0.25) is 9.59 Å². The van der Waals surface area contributed by atoms with Gasteiger partial charge in [0, 0.05) is 55.3 Å². The number of nitrogens with zero attached hydrogens (tertiary/aromatic N) is 2. The number of pyridine rings is 1. The first-order chi connectivity index (χ1) is 13.0. The number of methoxy groups -OCH3 is 1. The third-order valence-electron chi connectivity index (χ3n) is 5.03. The van der Waals surface area contributed by atoms with E-state index in [1.165, 1.54) is 13.2 Å². The molecule has 1 aliphatic rings. The largest absolute Gasteiger partial charge is 0.497 e. The molecule has 0 unspecified atom stereocenters. The number of aldehydes is 1. The Hall–Kier alpha value is -2.87. The van der Waals surface area contributed by atoms with Crippen molar-refractivity contribution in [3.63, 3.8) is 0 Å². The molecule has 0 saturated carbocycles. The Labute approximate surface area is 156 Å². The van der Waals surface area contributed by atoms with Gasteiger partial charge in [0.25, 0.3) is 5.56 Å². The Bertz CT molecular complexity index is 900. The Morgan fingerprint density at radius 3 is 2.67 bits per heavy atom. The van der Waals surface area contributed by atoms with Crippen molar-refractivity contribution in [2.45, 2.75) is 25.4 Å². The smallest absolute Gasteiger partial charge is 0.404 e. The van der Waals surface area contributed by atoms with Gasteiger partial charge in [-0.2, -0.15) is 0 Å². The number of nitrogens with one attached hydrogen (secondary N) is 1. The fourth-order valence-corrected chi connectivity index (χ4v) is 3.56. The first kappa shape index (κ1) is 18.9. The quantitative estimate of drug-likeness (QED) is 0.745. The Kier molecular flexibility index (Phi) is 5.75. The molecule has 1 fully saturated rings. The van der Waals surface area contributed by atoms with E-state index in [0.29, 0.717) is 29.9 Å². The van der Waals surface area contributed by atoms with Crippen molar-refractivity contribution < 1.29 is 19.4 Å². The molecule has 1 aliphatic heterocycles. The lowest BCUT2D eigenvalue weighted by molar-refractivity contribution is 0.112. The van der Waals surface area contributed by atoms with E-state index in [-0.39, 0.29) is 11.6 Å². The summed E-state index contributed by atoms with van der Waals surface area (Å²) in [7, 11) is 1.52. The molecule has 1 aromatic carbocycles. The second kappa shape index (κ2) is 8.22. The van der Waals surface area contributed by atoms with Crippen molar-refractivity contribution in [1.82, 2.24) is 14.8 Å². The molecule has 2 aromatic rings. The maximum absolute atomic E-state index is 12.4. The molecule has 8 heteroatoms. The van der Waals surface area contributed by atoms with Gasteiger partial charge in [-0.1, -0.05) is 0 Å². The number of carboxylic acid groups (broad SMARTS) is 1. The standard InChI is InChI=1S/C19H23N3O5/c1-27-15-10-13(12-23)16-2-3-18(24)22(17(16)11-15)9-8-21-6-4-14(5-7-21)20-19(25)26/h2-3,10-12,14,20H,4-9H2,1H3,(H,25,26). The molecule has 1 saturated heterocycles. The number of amides is 1. The lowest BCUT2D eigenvalue weighted by Crippen LogP contribution is -2.45. The molecule has 0 atom stereocenters. The van der Waals surface area contributed by atoms with E-state index >= 15 is 0 Å². The van der Waals surface area contributed by atoms with Crippen LogP contribution in [0.25, 0.3) is 10.9 Å². The second-order valence-corrected chi connectivity index (χ2v) is 6.66. The van der Waals surface area contributed by atoms with Gasteiger partial charge >= 0.3 is 6.09 Å². The zero-order valence-corrected chi connectivity index (χ0v) is 15.2. The molecule has 0 bridgehead atoms. The molecule has 27 heavy (non-hydrogen) atoms. The molecule has 8 nitrogen and oxygen atoms in total. The minimum absolute atomic E-state index is 0.0153. The van der Waals surface area contributed by atoms with Gasteiger partial charge in [0.2, 0.25) is 0 Å². The highest BCUT2D eigenvalue weighted by molar-refractivity contribution is 5.97. The van der Waals surface area contributed by atoms with Crippen LogP contribution in [0.3, 0.4) is 0 Å². The Balaban J connectivity index is 1.77. The number of fused-ring (bicyclic) bond motifs is 1. The summed E-state index contributed by atoms with van der Waals surface area (Å²) in [4.78, 5) is 36.8. The van der Waals surface area contributed by atoms with Crippen LogP contribution in [-0.2, 0) is 6.54 Å². The van der Waals surface area contributed by atoms with E-state index in [4.69, 9.17) is 9.84 Å². The summed E-state index contributed by atoms with van der Waals surface area (Å²) in [6.45, 7) is 2.70. The lowest BCUT2D eigenvalue weighted by Gasteiger charge is -2.31. The van der Waals surface area contributed by atoms with Crippen LogP contribution >= 0.6 is 0 Å². The van der Waals surface area contributed by atoms with Crippen LogP contribution in [0.15, 0.2) is 29.1 Å². The molecule has 2 N–H and O–H groups in total. The first-order valence-corrected chi connectivity index (χ1v) is 8.90. The van der Waals surface area contributed by atoms with Crippen LogP contribution in [0.4, 0.5) is 4.79 Å². The third kappa shape index (κ3) is 4.28. The Morgan fingerprint density at radius 2 is 2.04 bits per heavy atom. The maximum Gasteiger partial charge on any atom is 0.404 e. The molecular weight excluding hydrogens is 350 g/mol. The highest BCUT2D eigenvalue weighted by Crippen LogP contribution is 2.23. The first-order valence-electron chi connectivity index (χ1n) is 8.90. The summed E-state index contributed by atoms with van der Waals surface area (Å²) in [6.07, 6.45) is 1.27. The molecule has 144 valence electrons. The van der Waals surface area contributed by atoms with Crippen LogP contribution in [0.2, 0.25) is 0 Å². The van der Waals surface area contributed by atoms with Gasteiger partial charge in [0.1, 0.15) is 5.75 Å². The zero-order chi connectivity index (χ0) is 19.4. The topological polar surface area (TPSA) is 101 Å². The average molecular weight is 373 g/mol. The molecule has 1 aromatic heterocycles. The number of rotatable bonds is 6. The van der Waals surface area contributed by atoms with Crippen molar-refractivity contribution in [2.24, 2.45) is 0 Å². The summed E-state index contributed by atoms with van der Waals surface area (Å²) in [6, 6.07) is 6.56. The molecule has 0 radical (unpaired) electrons. The fraction of sp³-hybridized carbons (Fsp3) is 0.421. The number of hydrogen-bond donors (Lipinski definition) is 2. The summed E-state index contributed by atoms with van der Waals surface area (Å²) >= 11 is 0. The van der Waals surface area contributed by atoms with Crippen molar-refractivity contribution in [3.05, 3.63) is 40.2 Å². The lowest BCUT2D eigenvalue weighted by atomic mass is 10.1. The third-order valence-corrected chi connectivity index (χ3v) is 5.03. The molecule has 0 aliphatic carbocycles. The number of ether oxygens (including phenoxy) is 1. The number of benzene rings is 1. The van der Waals surface area contributed by atoms with Gasteiger partial charge in [-0.15, -0.1) is 0 Å². The van der Waals surface area contributed by atoms with Gasteiger partial charge in [0.15, 0.2) is 6.29 Å². The number of carbonyl (C=O) groups is 2. The monoisotopic (exact) mass is 373 g/mol. The molecule has 3 rings (SSSR count). The zero-order valence-electron chi connectivity index (χ0n) is 15.2. The van der Waals surface area contributed by atoms with Crippen LogP contribution in [0.1, 0.15) is 23.2 Å². The van der Waals surface area contributed by atoms with Gasteiger partial charge in [-0.25, -0.2) is 4.79 Å². The number of likely N-dealkylation sites (tertiary alicyclic amines) is 1. The van der Waals surface area contributed by atoms with E-state index in [2.05, 4.69) is 10.2 Å². The van der Waals surface area contributed by atoms with E-state index in [9.17, 15) is 14.4 Å². The summed E-state index contributed by atoms with van der Waals surface area (Å²) in [5.74, 6) is 0.532. The molecule has 2 heterocycles. The van der Waals surface area contributed by atoms with Crippen molar-refractivity contribution in [1.29, 1.82) is 0 Å². The van der Waals surface area contributed by atoms with Gasteiger partial charge in [0.05, 0.1) is 12.6 Å². The predicted molar refractivity (Wildman–Crippen MR) is 101 cm³/mol. The minimum atomic E-state index is -0.990. The van der Waals surface area contributed by atoms with Crippen molar-refractivity contribution >= 4 is 23.3 Å². The number of hydrogen-bond acceptors (Lipinski definition) is 5. The highest BCUT2D eigenvalue weighted by Gasteiger charge is 2.20. The second-order valence-electron chi connectivity index (χ2n) is 6.66. The van der Waals surface area contributed by atoms with Gasteiger partial charge in [-0.05, 0) is 25.0 Å². The van der Waals surface area contributed by atoms with Crippen molar-refractivity contribution in [2.75, 3.05) is 26.7 Å². The molecule has 1 amide bonds. The average Bonchev–Trinajstić information content (AvgIpc) is 2.67. The van der Waals surface area contributed by atoms with Crippen LogP contribution in [0.5, 0.6) is 5.75 Å².